The van der Waals surface area contributed by atoms with Gasteiger partial charge in [-0.05, 0) is 27.1 Å². The maximum Gasteiger partial charge on any atom is 0.307 e. The number of hydrogen-bond donors (Lipinski definition) is 2. The summed E-state index contributed by atoms with van der Waals surface area (Å²) in [4.78, 5) is 12.4. The Morgan fingerprint density at radius 3 is 2.45 bits per heavy atom. The van der Waals surface area contributed by atoms with Crippen molar-refractivity contribution in [2.45, 2.75) is 6.42 Å². The average Bonchev–Trinajstić information content (AvgIpc) is 1.86. The molecule has 0 heterocycles. The van der Waals surface area contributed by atoms with Gasteiger partial charge >= 0.3 is 5.97 Å². The molecule has 0 aromatic carbocycles. The van der Waals surface area contributed by atoms with Crippen molar-refractivity contribution >= 4 is 5.97 Å². The van der Waals surface area contributed by atoms with Gasteiger partial charge in [-0.15, -0.1) is 0 Å². The van der Waals surface area contributed by atoms with E-state index in [4.69, 9.17) is 10.8 Å². The fourth-order valence-electron chi connectivity index (χ4n) is 0.935. The molecule has 1 atom stereocenters. The zero-order valence-electron chi connectivity index (χ0n) is 7.08. The highest BCUT2D eigenvalue weighted by molar-refractivity contribution is 5.70. The van der Waals surface area contributed by atoms with E-state index in [1.165, 1.54) is 0 Å². The molecular formula is C7H16N2O2. The van der Waals surface area contributed by atoms with Gasteiger partial charge in [0.05, 0.1) is 5.92 Å². The van der Waals surface area contributed by atoms with Crippen LogP contribution in [0.15, 0.2) is 0 Å². The van der Waals surface area contributed by atoms with Crippen LogP contribution in [0.25, 0.3) is 0 Å². The van der Waals surface area contributed by atoms with E-state index in [0.29, 0.717) is 19.5 Å². The maximum atomic E-state index is 10.5. The van der Waals surface area contributed by atoms with E-state index in [0.717, 1.165) is 0 Å². The Bertz CT molecular complexity index is 126. The molecule has 0 radical (unpaired) electrons. The summed E-state index contributed by atoms with van der Waals surface area (Å²) >= 11 is 0. The first kappa shape index (κ1) is 10.4. The zero-order chi connectivity index (χ0) is 8.85. The van der Waals surface area contributed by atoms with Gasteiger partial charge in [0.25, 0.3) is 0 Å². The molecule has 0 aliphatic heterocycles. The van der Waals surface area contributed by atoms with Gasteiger partial charge in [0.15, 0.2) is 0 Å². The summed E-state index contributed by atoms with van der Waals surface area (Å²) < 4.78 is 0. The summed E-state index contributed by atoms with van der Waals surface area (Å²) in [5, 5.41) is 8.67. The van der Waals surface area contributed by atoms with Gasteiger partial charge in [0.1, 0.15) is 0 Å². The van der Waals surface area contributed by atoms with Crippen molar-refractivity contribution in [3.8, 4) is 0 Å². The molecule has 0 aliphatic rings. The fourth-order valence-corrected chi connectivity index (χ4v) is 0.935. The van der Waals surface area contributed by atoms with Crippen LogP contribution in [0.4, 0.5) is 0 Å². The predicted molar refractivity (Wildman–Crippen MR) is 43.4 cm³/mol. The first-order valence-corrected chi connectivity index (χ1v) is 3.65. The van der Waals surface area contributed by atoms with Crippen LogP contribution < -0.4 is 5.73 Å². The van der Waals surface area contributed by atoms with Crippen molar-refractivity contribution in [2.75, 3.05) is 27.2 Å². The highest BCUT2D eigenvalue weighted by atomic mass is 16.4. The van der Waals surface area contributed by atoms with Crippen molar-refractivity contribution < 1.29 is 9.90 Å². The minimum atomic E-state index is -0.760. The second-order valence-corrected chi connectivity index (χ2v) is 2.87. The number of carboxylic acid groups (broad SMARTS) is 1. The van der Waals surface area contributed by atoms with Crippen LogP contribution in [0.3, 0.4) is 0 Å². The third-order valence-corrected chi connectivity index (χ3v) is 1.45. The second-order valence-electron chi connectivity index (χ2n) is 2.87. The predicted octanol–water partition coefficient (Wildman–Crippen LogP) is -0.402. The largest absolute Gasteiger partial charge is 0.481 e. The first-order chi connectivity index (χ1) is 5.07. The molecule has 3 N–H and O–H groups in total. The molecule has 0 aliphatic carbocycles. The van der Waals surface area contributed by atoms with Crippen molar-refractivity contribution in [2.24, 2.45) is 11.7 Å². The summed E-state index contributed by atoms with van der Waals surface area (Å²) in [5.74, 6) is -1.08. The second kappa shape index (κ2) is 5.09. The molecule has 4 heteroatoms. The van der Waals surface area contributed by atoms with E-state index in [1.807, 2.05) is 19.0 Å². The molecule has 0 fully saturated rings. The SMILES string of the molecule is CN(C)CC(CCN)C(=O)O. The molecule has 0 aromatic heterocycles. The van der Waals surface area contributed by atoms with Crippen LogP contribution in [0.2, 0.25) is 0 Å². The third-order valence-electron chi connectivity index (χ3n) is 1.45. The van der Waals surface area contributed by atoms with Crippen LogP contribution in [0, 0.1) is 5.92 Å². The summed E-state index contributed by atoms with van der Waals surface area (Å²) in [6, 6.07) is 0. The normalized spacial score (nSPS) is 13.5. The molecule has 0 amide bonds. The lowest BCUT2D eigenvalue weighted by Crippen LogP contribution is -2.29. The van der Waals surface area contributed by atoms with E-state index in [9.17, 15) is 4.79 Å². The minimum absolute atomic E-state index is 0.324. The van der Waals surface area contributed by atoms with Gasteiger partial charge in [-0.1, -0.05) is 0 Å². The van der Waals surface area contributed by atoms with Crippen LogP contribution >= 0.6 is 0 Å². The van der Waals surface area contributed by atoms with Gasteiger partial charge < -0.3 is 15.7 Å². The zero-order valence-corrected chi connectivity index (χ0v) is 7.08. The lowest BCUT2D eigenvalue weighted by Gasteiger charge is -2.15. The van der Waals surface area contributed by atoms with Gasteiger partial charge in [-0.2, -0.15) is 0 Å². The first-order valence-electron chi connectivity index (χ1n) is 3.65. The number of carbonyl (C=O) groups is 1. The molecule has 1 unspecified atom stereocenters. The number of rotatable bonds is 5. The standard InChI is InChI=1S/C7H16N2O2/c1-9(2)5-6(3-4-8)7(10)11/h6H,3-5,8H2,1-2H3,(H,10,11). The maximum absolute atomic E-state index is 10.5. The summed E-state index contributed by atoms with van der Waals surface area (Å²) in [6.45, 7) is 0.997. The van der Waals surface area contributed by atoms with Gasteiger partial charge in [-0.3, -0.25) is 4.79 Å². The summed E-state index contributed by atoms with van der Waals surface area (Å²) in [7, 11) is 3.71. The highest BCUT2D eigenvalue weighted by Crippen LogP contribution is 2.02. The van der Waals surface area contributed by atoms with Gasteiger partial charge in [0.2, 0.25) is 0 Å². The van der Waals surface area contributed by atoms with E-state index in [2.05, 4.69) is 0 Å². The summed E-state index contributed by atoms with van der Waals surface area (Å²) in [5.41, 5.74) is 5.26. The number of carboxylic acids is 1. The van der Waals surface area contributed by atoms with E-state index < -0.39 is 5.97 Å². The van der Waals surface area contributed by atoms with Crippen molar-refractivity contribution in [3.05, 3.63) is 0 Å². The molecule has 0 bridgehead atoms. The van der Waals surface area contributed by atoms with Crippen LogP contribution in [-0.2, 0) is 4.79 Å². The highest BCUT2D eigenvalue weighted by Gasteiger charge is 2.16. The average molecular weight is 160 g/mol. The Balaban J connectivity index is 3.79. The molecule has 0 aromatic rings. The molecule has 11 heavy (non-hydrogen) atoms. The number of nitrogens with zero attached hydrogens (tertiary/aromatic N) is 1. The molecular weight excluding hydrogens is 144 g/mol. The third kappa shape index (κ3) is 4.75. The van der Waals surface area contributed by atoms with Crippen LogP contribution in [-0.4, -0.2) is 43.2 Å². The molecule has 0 spiro atoms. The number of hydrogen-bond acceptors (Lipinski definition) is 3. The number of nitrogens with two attached hydrogens (primary N) is 1. The van der Waals surface area contributed by atoms with Crippen molar-refractivity contribution in [3.63, 3.8) is 0 Å². The van der Waals surface area contributed by atoms with Gasteiger partial charge in [0, 0.05) is 6.54 Å². The van der Waals surface area contributed by atoms with Crippen molar-refractivity contribution in [1.82, 2.24) is 4.90 Å². The Hall–Kier alpha value is -0.610. The molecule has 4 nitrogen and oxygen atoms in total. The number of aliphatic carboxylic acids is 1. The summed E-state index contributed by atoms with van der Waals surface area (Å²) in [6.07, 6.45) is 0.549. The molecule has 66 valence electrons. The van der Waals surface area contributed by atoms with Crippen molar-refractivity contribution in [1.29, 1.82) is 0 Å². The Labute approximate surface area is 67.0 Å². The monoisotopic (exact) mass is 160 g/mol. The molecule has 0 saturated heterocycles. The lowest BCUT2D eigenvalue weighted by molar-refractivity contribution is -0.142. The minimum Gasteiger partial charge on any atom is -0.481 e. The Morgan fingerprint density at radius 2 is 2.18 bits per heavy atom. The Morgan fingerprint density at radius 1 is 1.64 bits per heavy atom. The topological polar surface area (TPSA) is 66.6 Å². The molecule has 0 saturated carbocycles. The van der Waals surface area contributed by atoms with Crippen LogP contribution in [0.5, 0.6) is 0 Å². The quantitative estimate of drug-likeness (QED) is 0.574. The van der Waals surface area contributed by atoms with E-state index in [-0.39, 0.29) is 5.92 Å². The Kier molecular flexibility index (Phi) is 4.81. The smallest absolute Gasteiger partial charge is 0.307 e. The molecule has 0 rings (SSSR count). The van der Waals surface area contributed by atoms with Gasteiger partial charge in [-0.25, -0.2) is 0 Å². The van der Waals surface area contributed by atoms with E-state index in [1.54, 1.807) is 0 Å². The fraction of sp³-hybridized carbons (Fsp3) is 0.857. The van der Waals surface area contributed by atoms with E-state index >= 15 is 0 Å². The van der Waals surface area contributed by atoms with Crippen LogP contribution in [0.1, 0.15) is 6.42 Å². The lowest BCUT2D eigenvalue weighted by atomic mass is 10.1.